The van der Waals surface area contributed by atoms with E-state index in [0.717, 1.165) is 12.8 Å². The van der Waals surface area contributed by atoms with Gasteiger partial charge in [0.25, 0.3) is 0 Å². The van der Waals surface area contributed by atoms with Crippen LogP contribution in [-0.4, -0.2) is 17.5 Å². The SMILES string of the molecule is O=C1O[C@H]2[C@H](Cl)[C@@H]3C[C@H]2[C@H]1C3. The summed E-state index contributed by atoms with van der Waals surface area (Å²) in [6.45, 7) is 0. The largest absolute Gasteiger partial charge is 0.460 e. The highest BCUT2D eigenvalue weighted by atomic mass is 35.5. The van der Waals surface area contributed by atoms with Gasteiger partial charge in [-0.15, -0.1) is 11.6 Å². The summed E-state index contributed by atoms with van der Waals surface area (Å²) >= 11 is 6.09. The van der Waals surface area contributed by atoms with Crippen molar-refractivity contribution < 1.29 is 9.53 Å². The van der Waals surface area contributed by atoms with E-state index in [4.69, 9.17) is 16.3 Å². The van der Waals surface area contributed by atoms with Crippen LogP contribution >= 0.6 is 11.6 Å². The van der Waals surface area contributed by atoms with E-state index in [1.54, 1.807) is 0 Å². The number of alkyl halides is 1. The van der Waals surface area contributed by atoms with Crippen molar-refractivity contribution in [2.45, 2.75) is 24.3 Å². The summed E-state index contributed by atoms with van der Waals surface area (Å²) in [7, 11) is 0. The van der Waals surface area contributed by atoms with Crippen LogP contribution in [0, 0.1) is 17.8 Å². The Morgan fingerprint density at radius 3 is 2.91 bits per heavy atom. The Balaban J connectivity index is 2.04. The van der Waals surface area contributed by atoms with Crippen molar-refractivity contribution in [1.29, 1.82) is 0 Å². The van der Waals surface area contributed by atoms with Crippen molar-refractivity contribution in [2.75, 3.05) is 0 Å². The Bertz CT molecular complexity index is 228. The summed E-state index contributed by atoms with van der Waals surface area (Å²) in [5.41, 5.74) is 0. The van der Waals surface area contributed by atoms with Gasteiger partial charge in [0.15, 0.2) is 0 Å². The molecule has 0 radical (unpaired) electrons. The summed E-state index contributed by atoms with van der Waals surface area (Å²) in [5, 5.41) is 0.114. The van der Waals surface area contributed by atoms with Crippen LogP contribution in [0.2, 0.25) is 0 Å². The number of halogens is 1. The highest BCUT2D eigenvalue weighted by molar-refractivity contribution is 6.21. The fourth-order valence-electron chi connectivity index (χ4n) is 2.88. The zero-order valence-corrected chi connectivity index (χ0v) is 6.75. The average molecular weight is 173 g/mol. The fourth-order valence-corrected chi connectivity index (χ4v) is 3.33. The van der Waals surface area contributed by atoms with Gasteiger partial charge in [0.2, 0.25) is 0 Å². The molecule has 0 N–H and O–H groups in total. The number of esters is 1. The van der Waals surface area contributed by atoms with Crippen LogP contribution in [0.1, 0.15) is 12.8 Å². The van der Waals surface area contributed by atoms with Gasteiger partial charge in [-0.25, -0.2) is 0 Å². The number of carbonyl (C=O) groups is 1. The molecule has 1 aliphatic heterocycles. The van der Waals surface area contributed by atoms with E-state index in [-0.39, 0.29) is 23.4 Å². The second-order valence-corrected chi connectivity index (χ2v) is 4.35. The molecule has 2 bridgehead atoms. The standard InChI is InChI=1S/C8H9ClO2/c9-6-3-1-4-5(2-3)8(10)11-7(4)6/h3-7H,1-2H2/t3-,4+,5-,6-,7-/m1/s1. The summed E-state index contributed by atoms with van der Waals surface area (Å²) in [4.78, 5) is 11.2. The van der Waals surface area contributed by atoms with Crippen LogP contribution in [0.5, 0.6) is 0 Å². The number of carbonyl (C=O) groups excluding carboxylic acids is 1. The number of ether oxygens (including phenoxy) is 1. The maximum atomic E-state index is 11.2. The van der Waals surface area contributed by atoms with Crippen LogP contribution < -0.4 is 0 Å². The monoisotopic (exact) mass is 172 g/mol. The molecule has 3 rings (SSSR count). The van der Waals surface area contributed by atoms with Crippen molar-refractivity contribution >= 4 is 17.6 Å². The molecule has 3 aliphatic rings. The average Bonchev–Trinajstić information content (AvgIpc) is 2.53. The van der Waals surface area contributed by atoms with Crippen molar-refractivity contribution in [2.24, 2.45) is 17.8 Å². The molecule has 0 aromatic heterocycles. The fraction of sp³-hybridized carbons (Fsp3) is 0.875. The van der Waals surface area contributed by atoms with Gasteiger partial charge in [-0.1, -0.05) is 0 Å². The quantitative estimate of drug-likeness (QED) is 0.405. The predicted octanol–water partition coefficient (Wildman–Crippen LogP) is 1.18. The molecule has 5 atom stereocenters. The van der Waals surface area contributed by atoms with Gasteiger partial charge in [-0.3, -0.25) is 4.79 Å². The number of fused-ring (bicyclic) bond motifs is 1. The normalized spacial score (nSPS) is 58.6. The van der Waals surface area contributed by atoms with E-state index in [9.17, 15) is 4.79 Å². The van der Waals surface area contributed by atoms with Crippen molar-refractivity contribution in [1.82, 2.24) is 0 Å². The molecule has 60 valence electrons. The van der Waals surface area contributed by atoms with Crippen molar-refractivity contribution in [3.63, 3.8) is 0 Å². The predicted molar refractivity (Wildman–Crippen MR) is 39.2 cm³/mol. The Morgan fingerprint density at radius 1 is 1.45 bits per heavy atom. The minimum Gasteiger partial charge on any atom is -0.460 e. The lowest BCUT2D eigenvalue weighted by atomic mass is 9.90. The Hall–Kier alpha value is -0.240. The first kappa shape index (κ1) is 6.30. The smallest absolute Gasteiger partial charge is 0.309 e. The van der Waals surface area contributed by atoms with Crippen molar-refractivity contribution in [3.05, 3.63) is 0 Å². The number of hydrogen-bond donors (Lipinski definition) is 0. The zero-order valence-electron chi connectivity index (χ0n) is 6.00. The lowest BCUT2D eigenvalue weighted by Crippen LogP contribution is -2.26. The molecule has 0 aromatic rings. The lowest BCUT2D eigenvalue weighted by Gasteiger charge is -2.18. The topological polar surface area (TPSA) is 26.3 Å². The molecule has 0 unspecified atom stereocenters. The molecule has 1 saturated heterocycles. The van der Waals surface area contributed by atoms with E-state index >= 15 is 0 Å². The van der Waals surface area contributed by atoms with E-state index < -0.39 is 0 Å². The lowest BCUT2D eigenvalue weighted by molar-refractivity contribution is -0.143. The van der Waals surface area contributed by atoms with Gasteiger partial charge in [-0.2, -0.15) is 0 Å². The first-order chi connectivity index (χ1) is 5.27. The van der Waals surface area contributed by atoms with Crippen LogP contribution in [-0.2, 0) is 9.53 Å². The molecule has 0 spiro atoms. The second kappa shape index (κ2) is 1.74. The molecular weight excluding hydrogens is 164 g/mol. The highest BCUT2D eigenvalue weighted by Crippen LogP contribution is 2.56. The second-order valence-electron chi connectivity index (χ2n) is 3.85. The van der Waals surface area contributed by atoms with E-state index in [1.807, 2.05) is 0 Å². The Kier molecular flexibility index (Phi) is 0.995. The maximum absolute atomic E-state index is 11.2. The van der Waals surface area contributed by atoms with E-state index in [1.165, 1.54) is 0 Å². The third-order valence-corrected chi connectivity index (χ3v) is 3.99. The Labute approximate surface area is 69.9 Å². The number of rotatable bonds is 0. The molecule has 3 fully saturated rings. The zero-order chi connectivity index (χ0) is 7.59. The van der Waals surface area contributed by atoms with Gasteiger partial charge in [0, 0.05) is 5.92 Å². The minimum atomic E-state index is 0.00523. The van der Waals surface area contributed by atoms with E-state index in [2.05, 4.69) is 0 Å². The summed E-state index contributed by atoms with van der Waals surface area (Å²) in [5.74, 6) is 1.24. The first-order valence-corrected chi connectivity index (χ1v) is 4.55. The highest BCUT2D eigenvalue weighted by Gasteiger charge is 2.61. The third kappa shape index (κ3) is 0.583. The number of hydrogen-bond acceptors (Lipinski definition) is 2. The summed E-state index contributed by atoms with van der Waals surface area (Å²) in [6.07, 6.45) is 2.16. The molecule has 3 heteroatoms. The Morgan fingerprint density at radius 2 is 2.27 bits per heavy atom. The molecule has 1 heterocycles. The first-order valence-electron chi connectivity index (χ1n) is 4.12. The molecule has 0 aromatic carbocycles. The molecule has 2 aliphatic carbocycles. The minimum absolute atomic E-state index is 0.00523. The van der Waals surface area contributed by atoms with Crippen molar-refractivity contribution in [3.8, 4) is 0 Å². The van der Waals surface area contributed by atoms with Crippen LogP contribution in [0.25, 0.3) is 0 Å². The van der Waals surface area contributed by atoms with Gasteiger partial charge in [0.1, 0.15) is 6.10 Å². The van der Waals surface area contributed by atoms with Gasteiger partial charge >= 0.3 is 5.97 Å². The molecule has 2 saturated carbocycles. The van der Waals surface area contributed by atoms with E-state index in [0.29, 0.717) is 11.8 Å². The third-order valence-electron chi connectivity index (χ3n) is 3.39. The molecule has 11 heavy (non-hydrogen) atoms. The molecule has 2 nitrogen and oxygen atoms in total. The van der Waals surface area contributed by atoms with Crippen LogP contribution in [0.15, 0.2) is 0 Å². The summed E-state index contributed by atoms with van der Waals surface area (Å²) in [6, 6.07) is 0. The maximum Gasteiger partial charge on any atom is 0.309 e. The van der Waals surface area contributed by atoms with Crippen LogP contribution in [0.3, 0.4) is 0 Å². The molecular formula is C8H9ClO2. The van der Waals surface area contributed by atoms with Gasteiger partial charge in [-0.05, 0) is 18.8 Å². The summed E-state index contributed by atoms with van der Waals surface area (Å²) < 4.78 is 5.18. The van der Waals surface area contributed by atoms with Crippen LogP contribution in [0.4, 0.5) is 0 Å². The molecule has 0 amide bonds. The van der Waals surface area contributed by atoms with Gasteiger partial charge < -0.3 is 4.74 Å². The van der Waals surface area contributed by atoms with Gasteiger partial charge in [0.05, 0.1) is 11.3 Å².